The Morgan fingerprint density at radius 3 is 2.43 bits per heavy atom. The van der Waals surface area contributed by atoms with Gasteiger partial charge in [0.15, 0.2) is 17.6 Å². The Balaban J connectivity index is 2.66. The molecule has 0 spiro atoms. The van der Waals surface area contributed by atoms with E-state index in [4.69, 9.17) is 34.2 Å². The lowest BCUT2D eigenvalue weighted by Crippen LogP contribution is -2.39. The monoisotopic (exact) mass is 590 g/mol. The van der Waals surface area contributed by atoms with Crippen molar-refractivity contribution in [1.82, 2.24) is 0 Å². The maximum atomic E-state index is 12.9. The van der Waals surface area contributed by atoms with Crippen LogP contribution in [0.2, 0.25) is 0 Å². The number of nitrogens with one attached hydrogen (secondary N) is 1. The molecule has 0 radical (unpaired) electrons. The minimum absolute atomic E-state index is 0.0515. The second-order valence-corrected chi connectivity index (χ2v) is 10.6. The van der Waals surface area contributed by atoms with Crippen LogP contribution in [0.4, 0.5) is 10.5 Å². The molecule has 1 aliphatic rings. The number of phenols is 1. The lowest BCUT2D eigenvalue weighted by atomic mass is 9.88. The molecule has 0 saturated heterocycles. The number of anilines is 1. The number of nitrogens with two attached hydrogens (primary N) is 1. The number of rotatable bonds is 7. The minimum Gasteiger partial charge on any atom is -0.504 e. The maximum Gasteiger partial charge on any atom is 0.405 e. The van der Waals surface area contributed by atoms with Crippen molar-refractivity contribution in [3.05, 3.63) is 53.1 Å². The molecule has 42 heavy (non-hydrogen) atoms. The summed E-state index contributed by atoms with van der Waals surface area (Å²) in [4.78, 5) is 24.8. The summed E-state index contributed by atoms with van der Waals surface area (Å²) in [6.07, 6.45) is 4.75. The van der Waals surface area contributed by atoms with Gasteiger partial charge in [-0.15, -0.1) is 0 Å². The third-order valence-corrected chi connectivity index (χ3v) is 7.17. The molecule has 6 atom stereocenters. The first-order valence-corrected chi connectivity index (χ1v) is 13.8. The summed E-state index contributed by atoms with van der Waals surface area (Å²) in [5, 5.41) is 13.5. The van der Waals surface area contributed by atoms with Crippen molar-refractivity contribution >= 4 is 17.7 Å². The van der Waals surface area contributed by atoms with Gasteiger partial charge >= 0.3 is 6.09 Å². The van der Waals surface area contributed by atoms with Crippen LogP contribution in [0, 0.1) is 11.8 Å². The number of fused-ring (bicyclic) bond motifs is 2. The van der Waals surface area contributed by atoms with Crippen LogP contribution < -0.4 is 15.8 Å². The molecule has 1 aliphatic heterocycles. The van der Waals surface area contributed by atoms with Crippen molar-refractivity contribution in [1.29, 1.82) is 0 Å². The molecule has 0 aliphatic carbocycles. The van der Waals surface area contributed by atoms with Crippen LogP contribution >= 0.6 is 0 Å². The summed E-state index contributed by atoms with van der Waals surface area (Å²) < 4.78 is 33.9. The summed E-state index contributed by atoms with van der Waals surface area (Å²) in [6, 6.07) is 3.25. The van der Waals surface area contributed by atoms with Gasteiger partial charge in [-0.25, -0.2) is 4.79 Å². The van der Waals surface area contributed by atoms with Crippen LogP contribution in [0.1, 0.15) is 39.7 Å². The number of phenolic OH excluding ortho intramolecular Hbond substituents is 1. The Hall–Kier alpha value is -3.38. The number of carbonyl (C=O) groups is 2. The highest BCUT2D eigenvalue weighted by Gasteiger charge is 2.31. The second kappa shape index (κ2) is 16.9. The largest absolute Gasteiger partial charge is 0.504 e. The van der Waals surface area contributed by atoms with Crippen molar-refractivity contribution < 1.29 is 43.1 Å². The van der Waals surface area contributed by atoms with Crippen LogP contribution in [0.15, 0.2) is 47.6 Å². The maximum absolute atomic E-state index is 12.9. The molecule has 1 aromatic rings. The van der Waals surface area contributed by atoms with Gasteiger partial charge in [0.25, 0.3) is 5.91 Å². The van der Waals surface area contributed by atoms with Gasteiger partial charge in [0.05, 0.1) is 19.3 Å². The van der Waals surface area contributed by atoms with Crippen molar-refractivity contribution in [3.8, 4) is 11.5 Å². The topological polar surface area (TPSA) is 148 Å². The van der Waals surface area contributed by atoms with Crippen LogP contribution in [-0.2, 0) is 34.9 Å². The van der Waals surface area contributed by atoms with Gasteiger partial charge < -0.3 is 44.6 Å². The van der Waals surface area contributed by atoms with Gasteiger partial charge in [-0.1, -0.05) is 38.2 Å². The molecule has 0 fully saturated rings. The molecule has 2 unspecified atom stereocenters. The Labute approximate surface area is 248 Å². The first-order valence-electron chi connectivity index (χ1n) is 13.8. The Morgan fingerprint density at radius 2 is 1.83 bits per heavy atom. The molecular weight excluding hydrogens is 544 g/mol. The number of allylic oxidation sites excluding steroid dienone is 2. The fraction of sp³-hybridized carbons (Fsp3) is 0.548. The molecule has 11 nitrogen and oxygen atoms in total. The lowest BCUT2D eigenvalue weighted by molar-refractivity contribution is -0.136. The van der Waals surface area contributed by atoms with E-state index >= 15 is 0 Å². The number of ether oxygens (including phenoxy) is 6. The molecule has 4 N–H and O–H groups in total. The molecule has 234 valence electrons. The van der Waals surface area contributed by atoms with Gasteiger partial charge in [-0.2, -0.15) is 0 Å². The Bertz CT molecular complexity index is 1150. The number of primary amides is 1. The average Bonchev–Trinajstić information content (AvgIpc) is 2.92. The molecule has 1 heterocycles. The number of aromatic hydroxyl groups is 1. The zero-order chi connectivity index (χ0) is 31.4. The zero-order valence-corrected chi connectivity index (χ0v) is 25.8. The minimum atomic E-state index is -0.948. The summed E-state index contributed by atoms with van der Waals surface area (Å²) in [5.74, 6) is -0.239. The molecular formula is C31H46N2O9. The molecule has 1 aromatic carbocycles. The summed E-state index contributed by atoms with van der Waals surface area (Å²) in [5.41, 5.74) is 7.68. The van der Waals surface area contributed by atoms with Crippen LogP contribution in [0.25, 0.3) is 0 Å². The van der Waals surface area contributed by atoms with E-state index in [1.54, 1.807) is 45.4 Å². The van der Waals surface area contributed by atoms with E-state index in [0.717, 1.165) is 5.56 Å². The van der Waals surface area contributed by atoms with Crippen LogP contribution in [0.5, 0.6) is 11.5 Å². The fourth-order valence-corrected chi connectivity index (χ4v) is 5.16. The zero-order valence-electron chi connectivity index (χ0n) is 25.8. The summed E-state index contributed by atoms with van der Waals surface area (Å²) in [7, 11) is 6.16. The van der Waals surface area contributed by atoms with E-state index < -0.39 is 24.4 Å². The Morgan fingerprint density at radius 1 is 1.12 bits per heavy atom. The molecule has 2 amide bonds. The SMILES string of the molecule is COCOC1[C@@H](OC)C[C@H](C)Cc2cc(cc(O)c2OC)NC(=O)/C(C)=C/C=C\C(OC)[C@@H](OC(N)=O)/C(C)=C/[C@@H]1C. The number of benzene rings is 1. The molecule has 2 bridgehead atoms. The number of carbonyl (C=O) groups excluding carboxylic acids is 2. The second-order valence-electron chi connectivity index (χ2n) is 10.6. The number of methoxy groups -OCH3 is 4. The highest BCUT2D eigenvalue weighted by atomic mass is 16.7. The highest BCUT2D eigenvalue weighted by molar-refractivity contribution is 6.03. The number of amides is 2. The van der Waals surface area contributed by atoms with E-state index in [1.165, 1.54) is 20.3 Å². The van der Waals surface area contributed by atoms with Gasteiger partial charge in [-0.3, -0.25) is 4.79 Å². The highest BCUT2D eigenvalue weighted by Crippen LogP contribution is 2.36. The van der Waals surface area contributed by atoms with Gasteiger partial charge in [-0.05, 0) is 44.2 Å². The summed E-state index contributed by atoms with van der Waals surface area (Å²) in [6.45, 7) is 7.58. The van der Waals surface area contributed by atoms with Crippen molar-refractivity contribution in [2.24, 2.45) is 17.6 Å². The van der Waals surface area contributed by atoms with Crippen molar-refractivity contribution in [2.75, 3.05) is 40.5 Å². The third kappa shape index (κ3) is 9.87. The van der Waals surface area contributed by atoms with Gasteiger partial charge in [0, 0.05) is 50.1 Å². The van der Waals surface area contributed by atoms with Crippen molar-refractivity contribution in [3.63, 3.8) is 0 Å². The van der Waals surface area contributed by atoms with Gasteiger partial charge in [0.2, 0.25) is 0 Å². The fourth-order valence-electron chi connectivity index (χ4n) is 5.16. The van der Waals surface area contributed by atoms with E-state index in [-0.39, 0.29) is 36.4 Å². The number of hydrogen-bond donors (Lipinski definition) is 3. The summed E-state index contributed by atoms with van der Waals surface area (Å²) >= 11 is 0. The quantitative estimate of drug-likeness (QED) is 0.309. The van der Waals surface area contributed by atoms with Gasteiger partial charge in [0.1, 0.15) is 12.9 Å². The number of hydrogen-bond acceptors (Lipinski definition) is 9. The molecule has 0 aromatic heterocycles. The average molecular weight is 591 g/mol. The molecule has 11 heteroatoms. The van der Waals surface area contributed by atoms with E-state index in [2.05, 4.69) is 12.2 Å². The Kier molecular flexibility index (Phi) is 14.0. The van der Waals surface area contributed by atoms with Crippen LogP contribution in [0.3, 0.4) is 0 Å². The van der Waals surface area contributed by atoms with E-state index in [9.17, 15) is 14.7 Å². The predicted molar refractivity (Wildman–Crippen MR) is 159 cm³/mol. The molecule has 0 saturated carbocycles. The van der Waals surface area contributed by atoms with E-state index in [0.29, 0.717) is 35.4 Å². The molecule has 2 rings (SSSR count). The normalized spacial score (nSPS) is 29.4. The van der Waals surface area contributed by atoms with Crippen molar-refractivity contribution in [2.45, 2.75) is 65.0 Å². The van der Waals surface area contributed by atoms with E-state index in [1.807, 2.05) is 19.9 Å². The first kappa shape index (κ1) is 34.8. The predicted octanol–water partition coefficient (Wildman–Crippen LogP) is 4.49. The first-order chi connectivity index (χ1) is 19.9. The smallest absolute Gasteiger partial charge is 0.405 e. The van der Waals surface area contributed by atoms with Crippen LogP contribution in [-0.4, -0.2) is 76.8 Å². The lowest BCUT2D eigenvalue weighted by Gasteiger charge is -2.32. The third-order valence-electron chi connectivity index (χ3n) is 7.17. The standard InChI is InChI=1S/C31H46N2O9/c1-18-12-22-15-23(16-24(34)29(22)40-8)33-30(35)19(2)10-9-11-25(38-6)28(42-31(32)36)21(4)14-20(3)27(41-17-37-5)26(13-18)39-7/h9-11,14-16,18,20,25-28,34H,12-13,17H2,1-8H3,(H2,32,36)(H,33,35)/b11-9-,19-10+,21-14+/t18-,20+,25?,26+,27?,28+/m1/s1.